The fourth-order valence-corrected chi connectivity index (χ4v) is 0.567. The summed E-state index contributed by atoms with van der Waals surface area (Å²) in [5.41, 5.74) is 0.430. The third-order valence-electron chi connectivity index (χ3n) is 0.721. The molecule has 55 valence electrons. The predicted octanol–water partition coefficient (Wildman–Crippen LogP) is 1.79. The predicted molar refractivity (Wildman–Crippen MR) is 37.2 cm³/mol. The van der Waals surface area contributed by atoms with Gasteiger partial charge in [-0.2, -0.15) is 0 Å². The van der Waals surface area contributed by atoms with E-state index in [2.05, 4.69) is 0 Å². The molecule has 0 unspecified atom stereocenters. The lowest BCUT2D eigenvalue weighted by molar-refractivity contribution is 0.0890. The zero-order valence-corrected chi connectivity index (χ0v) is 6.57. The molecule has 0 rings (SSSR count). The van der Waals surface area contributed by atoms with Gasteiger partial charge in [0, 0.05) is 13.2 Å². The molecule has 0 bridgehead atoms. The Hall–Kier alpha value is 0.210. The van der Waals surface area contributed by atoms with Crippen LogP contribution in [0.1, 0.15) is 13.8 Å². The van der Waals surface area contributed by atoms with Crippen molar-refractivity contribution in [2.45, 2.75) is 13.8 Å². The highest BCUT2D eigenvalue weighted by Gasteiger charge is 2.02. The molecule has 0 aromatic rings. The van der Waals surface area contributed by atoms with Gasteiger partial charge in [-0.3, -0.25) is 0 Å². The van der Waals surface area contributed by atoms with Crippen molar-refractivity contribution in [3.05, 3.63) is 5.56 Å². The molecular weight excluding hydrogens is 140 g/mol. The van der Waals surface area contributed by atoms with E-state index in [9.17, 15) is 0 Å². The molecule has 0 aromatic carbocycles. The second-order valence-electron chi connectivity index (χ2n) is 1.43. The quantitative estimate of drug-likeness (QED) is 0.597. The third kappa shape index (κ3) is 6.09. The van der Waals surface area contributed by atoms with E-state index in [1.54, 1.807) is 0 Å². The van der Waals surface area contributed by atoms with Crippen molar-refractivity contribution >= 4 is 11.6 Å². The van der Waals surface area contributed by atoms with E-state index >= 15 is 0 Å². The maximum Gasteiger partial charge on any atom is 0.210 e. The van der Waals surface area contributed by atoms with Gasteiger partial charge in [0.25, 0.3) is 0 Å². The van der Waals surface area contributed by atoms with E-state index in [1.165, 1.54) is 0 Å². The smallest absolute Gasteiger partial charge is 0.210 e. The summed E-state index contributed by atoms with van der Waals surface area (Å²) in [6.07, 6.45) is 0. The second kappa shape index (κ2) is 6.33. The zero-order chi connectivity index (χ0) is 7.11. The van der Waals surface area contributed by atoms with Gasteiger partial charge in [0.1, 0.15) is 0 Å². The molecule has 0 atom stereocenters. The van der Waals surface area contributed by atoms with E-state index < -0.39 is 0 Å². The summed E-state index contributed by atoms with van der Waals surface area (Å²) in [6, 6.07) is 0. The number of rotatable bonds is 5. The monoisotopic (exact) mass is 151 g/mol. The van der Waals surface area contributed by atoms with Gasteiger partial charge in [-0.15, -0.1) is 0 Å². The summed E-state index contributed by atoms with van der Waals surface area (Å²) >= 11 is 5.53. The maximum atomic E-state index is 5.53. The van der Waals surface area contributed by atoms with E-state index in [1.807, 2.05) is 13.8 Å². The van der Waals surface area contributed by atoms with Crippen LogP contribution in [0.4, 0.5) is 0 Å². The molecule has 2 nitrogen and oxygen atoms in total. The summed E-state index contributed by atoms with van der Waals surface area (Å²) in [5, 5.41) is 0. The molecule has 0 saturated carbocycles. The summed E-state index contributed by atoms with van der Waals surface area (Å²) in [4.78, 5) is 0. The fraction of sp³-hybridized carbons (Fsp3) is 0.833. The van der Waals surface area contributed by atoms with Crippen LogP contribution in [0.3, 0.4) is 0 Å². The lowest BCUT2D eigenvalue weighted by Gasteiger charge is -2.05. The first-order valence-electron chi connectivity index (χ1n) is 3.03. The van der Waals surface area contributed by atoms with Crippen LogP contribution in [0, 0.1) is 5.56 Å². The number of ether oxygens (including phenoxy) is 2. The summed E-state index contributed by atoms with van der Waals surface area (Å²) < 4.78 is 9.85. The highest BCUT2D eigenvalue weighted by atomic mass is 35.5. The minimum atomic E-state index is 0.395. The van der Waals surface area contributed by atoms with E-state index in [4.69, 9.17) is 21.1 Å². The third-order valence-corrected chi connectivity index (χ3v) is 0.939. The number of halogens is 1. The lowest BCUT2D eigenvalue weighted by Crippen LogP contribution is -2.04. The molecule has 0 aromatic heterocycles. The van der Waals surface area contributed by atoms with E-state index in [0.29, 0.717) is 25.4 Å². The Morgan fingerprint density at radius 1 is 1.33 bits per heavy atom. The molecular formula is C6H12ClO2. The van der Waals surface area contributed by atoms with Crippen LogP contribution in [0.15, 0.2) is 0 Å². The molecule has 0 spiro atoms. The zero-order valence-electron chi connectivity index (χ0n) is 5.82. The van der Waals surface area contributed by atoms with Crippen molar-refractivity contribution in [2.75, 3.05) is 19.8 Å². The number of hydrogen-bond acceptors (Lipinski definition) is 2. The van der Waals surface area contributed by atoms with Gasteiger partial charge in [0.05, 0.1) is 6.61 Å². The van der Waals surface area contributed by atoms with Crippen molar-refractivity contribution in [3.8, 4) is 0 Å². The molecule has 0 saturated heterocycles. The van der Waals surface area contributed by atoms with Crippen molar-refractivity contribution in [2.24, 2.45) is 0 Å². The highest BCUT2D eigenvalue weighted by molar-refractivity contribution is 6.25. The molecule has 1 radical (unpaired) electrons. The molecule has 3 heteroatoms. The molecule has 0 aliphatic rings. The maximum absolute atomic E-state index is 5.53. The lowest BCUT2D eigenvalue weighted by atomic mass is 10.7. The van der Waals surface area contributed by atoms with Crippen molar-refractivity contribution < 1.29 is 9.47 Å². The van der Waals surface area contributed by atoms with Crippen LogP contribution >= 0.6 is 11.6 Å². The van der Waals surface area contributed by atoms with Gasteiger partial charge in [-0.1, -0.05) is 11.6 Å². The van der Waals surface area contributed by atoms with Gasteiger partial charge >= 0.3 is 0 Å². The van der Waals surface area contributed by atoms with Crippen molar-refractivity contribution in [1.82, 2.24) is 0 Å². The Balaban J connectivity index is 2.95. The Morgan fingerprint density at radius 3 is 2.44 bits per heavy atom. The number of hydrogen-bond donors (Lipinski definition) is 0. The van der Waals surface area contributed by atoms with Gasteiger partial charge in [0.15, 0.2) is 0 Å². The van der Waals surface area contributed by atoms with Gasteiger partial charge in [0.2, 0.25) is 5.56 Å². The first-order chi connectivity index (χ1) is 4.31. The van der Waals surface area contributed by atoms with Crippen molar-refractivity contribution in [3.63, 3.8) is 0 Å². The van der Waals surface area contributed by atoms with Crippen LogP contribution in [-0.2, 0) is 9.47 Å². The summed E-state index contributed by atoms with van der Waals surface area (Å²) in [6.45, 7) is 5.46. The standard InChI is InChI=1S/C6H12ClO2/c1-3-8-5-6(7)9-4-2/h3-5H2,1-2H3. The Morgan fingerprint density at radius 2 is 2.00 bits per heavy atom. The average Bonchev–Trinajstić information content (AvgIpc) is 1.85. The molecule has 0 heterocycles. The fourth-order valence-electron chi connectivity index (χ4n) is 0.381. The molecule has 9 heavy (non-hydrogen) atoms. The second-order valence-corrected chi connectivity index (χ2v) is 1.85. The molecule has 0 amide bonds. The molecule has 0 aliphatic carbocycles. The van der Waals surface area contributed by atoms with E-state index in [0.717, 1.165) is 0 Å². The highest BCUT2D eigenvalue weighted by Crippen LogP contribution is 2.07. The van der Waals surface area contributed by atoms with Gasteiger partial charge in [-0.05, 0) is 13.8 Å². The van der Waals surface area contributed by atoms with E-state index in [-0.39, 0.29) is 0 Å². The minimum Gasteiger partial charge on any atom is -0.377 e. The van der Waals surface area contributed by atoms with Crippen LogP contribution in [0.2, 0.25) is 0 Å². The van der Waals surface area contributed by atoms with Crippen LogP contribution in [0.25, 0.3) is 0 Å². The topological polar surface area (TPSA) is 18.5 Å². The minimum absolute atomic E-state index is 0.395. The van der Waals surface area contributed by atoms with Crippen LogP contribution < -0.4 is 0 Å². The van der Waals surface area contributed by atoms with Gasteiger partial charge < -0.3 is 9.47 Å². The van der Waals surface area contributed by atoms with Crippen LogP contribution in [0.5, 0.6) is 0 Å². The Kier molecular flexibility index (Phi) is 6.48. The SMILES string of the molecule is CCOC[C](Cl)OCC. The first kappa shape index (κ1) is 9.21. The normalized spacial score (nSPS) is 10.7. The van der Waals surface area contributed by atoms with Crippen molar-refractivity contribution in [1.29, 1.82) is 0 Å². The molecule has 0 N–H and O–H groups in total. The summed E-state index contributed by atoms with van der Waals surface area (Å²) in [7, 11) is 0. The Labute approximate surface area is 61.1 Å². The van der Waals surface area contributed by atoms with Crippen LogP contribution in [-0.4, -0.2) is 19.8 Å². The Bertz CT molecular complexity index is 59.0. The first-order valence-corrected chi connectivity index (χ1v) is 3.40. The van der Waals surface area contributed by atoms with Gasteiger partial charge in [-0.25, -0.2) is 0 Å². The largest absolute Gasteiger partial charge is 0.377 e. The summed E-state index contributed by atoms with van der Waals surface area (Å²) in [5.74, 6) is 0. The average molecular weight is 152 g/mol. The molecule has 0 aliphatic heterocycles. The molecule has 0 fully saturated rings.